The number of halogens is 1. The second-order valence-corrected chi connectivity index (χ2v) is 5.89. The van der Waals surface area contributed by atoms with E-state index in [0.717, 1.165) is 5.39 Å². The maximum absolute atomic E-state index is 12.2. The minimum atomic E-state index is -0.602. The lowest BCUT2D eigenvalue weighted by Gasteiger charge is -2.19. The third-order valence-corrected chi connectivity index (χ3v) is 2.91. The number of hydrogen-bond acceptors (Lipinski definition) is 4. The van der Waals surface area contributed by atoms with Crippen LogP contribution in [-0.4, -0.2) is 16.3 Å². The Morgan fingerprint density at radius 3 is 2.70 bits per heavy atom. The van der Waals surface area contributed by atoms with Crippen molar-refractivity contribution in [3.8, 4) is 0 Å². The van der Waals surface area contributed by atoms with E-state index >= 15 is 0 Å². The normalized spacial score (nSPS) is 11.6. The van der Waals surface area contributed by atoms with Crippen LogP contribution in [0.5, 0.6) is 0 Å². The fourth-order valence-corrected chi connectivity index (χ4v) is 2.09. The van der Waals surface area contributed by atoms with Crippen molar-refractivity contribution in [3.63, 3.8) is 0 Å². The predicted molar refractivity (Wildman–Crippen MR) is 78.1 cm³/mol. The predicted octanol–water partition coefficient (Wildman–Crippen LogP) is 4.34. The fraction of sp³-hybridized carbons (Fsp3) is 0.357. The Labute approximate surface area is 121 Å². The van der Waals surface area contributed by atoms with Crippen molar-refractivity contribution in [2.75, 3.05) is 0 Å². The van der Waals surface area contributed by atoms with Crippen LogP contribution in [0.3, 0.4) is 0 Å². The van der Waals surface area contributed by atoms with Gasteiger partial charge in [-0.15, -0.1) is 0 Å². The van der Waals surface area contributed by atoms with Crippen molar-refractivity contribution in [2.24, 2.45) is 5.18 Å². The molecule has 1 aromatic heterocycles. The van der Waals surface area contributed by atoms with E-state index in [-0.39, 0.29) is 6.54 Å². The first-order valence-corrected chi connectivity index (χ1v) is 6.51. The third kappa shape index (κ3) is 2.99. The number of nitroso groups, excluding NO2 is 1. The monoisotopic (exact) mass is 294 g/mol. The van der Waals surface area contributed by atoms with Crippen LogP contribution >= 0.6 is 11.6 Å². The summed E-state index contributed by atoms with van der Waals surface area (Å²) >= 11 is 5.96. The molecule has 6 heteroatoms. The Morgan fingerprint density at radius 1 is 1.40 bits per heavy atom. The number of carbonyl (C=O) groups excluding carboxylic acids is 1. The van der Waals surface area contributed by atoms with Gasteiger partial charge in [-0.05, 0) is 32.9 Å². The van der Waals surface area contributed by atoms with Gasteiger partial charge in [0, 0.05) is 22.2 Å². The molecule has 20 heavy (non-hydrogen) atoms. The molecule has 2 rings (SSSR count). The largest absolute Gasteiger partial charge is 0.443 e. The highest BCUT2D eigenvalue weighted by Gasteiger charge is 2.20. The van der Waals surface area contributed by atoms with Gasteiger partial charge in [0.2, 0.25) is 0 Å². The molecule has 0 unspecified atom stereocenters. The van der Waals surface area contributed by atoms with Gasteiger partial charge in [-0.2, -0.15) is 4.91 Å². The van der Waals surface area contributed by atoms with E-state index in [1.54, 1.807) is 45.2 Å². The fourth-order valence-electron chi connectivity index (χ4n) is 1.93. The zero-order valence-corrected chi connectivity index (χ0v) is 12.3. The number of carbonyl (C=O) groups is 1. The van der Waals surface area contributed by atoms with Crippen LogP contribution in [0.1, 0.15) is 26.3 Å². The minimum Gasteiger partial charge on any atom is -0.443 e. The molecular formula is C14H15ClN2O3. The molecule has 0 atom stereocenters. The first-order chi connectivity index (χ1) is 9.31. The van der Waals surface area contributed by atoms with E-state index in [2.05, 4.69) is 5.18 Å². The van der Waals surface area contributed by atoms with Crippen LogP contribution in [0.25, 0.3) is 10.9 Å². The summed E-state index contributed by atoms with van der Waals surface area (Å²) < 4.78 is 6.69. The molecule has 0 amide bonds. The first kappa shape index (κ1) is 14.5. The summed E-state index contributed by atoms with van der Waals surface area (Å²) in [4.78, 5) is 22.7. The molecule has 2 aromatic rings. The lowest BCUT2D eigenvalue weighted by Crippen LogP contribution is -2.26. The number of ether oxygens (including phenoxy) is 1. The van der Waals surface area contributed by atoms with Gasteiger partial charge in [-0.3, -0.25) is 4.57 Å². The van der Waals surface area contributed by atoms with E-state index in [4.69, 9.17) is 16.3 Å². The highest BCUT2D eigenvalue weighted by atomic mass is 35.5. The molecule has 0 N–H and O–H groups in total. The van der Waals surface area contributed by atoms with Crippen LogP contribution in [0.15, 0.2) is 29.6 Å². The molecule has 1 aromatic carbocycles. The summed E-state index contributed by atoms with van der Waals surface area (Å²) in [5, 5.41) is 4.15. The summed E-state index contributed by atoms with van der Waals surface area (Å²) in [6, 6.07) is 5.13. The third-order valence-electron chi connectivity index (χ3n) is 2.68. The van der Waals surface area contributed by atoms with Gasteiger partial charge in [0.1, 0.15) is 12.1 Å². The zero-order chi connectivity index (χ0) is 14.9. The molecular weight excluding hydrogens is 280 g/mol. The minimum absolute atomic E-state index is 0.00602. The van der Waals surface area contributed by atoms with E-state index < -0.39 is 11.7 Å². The van der Waals surface area contributed by atoms with Gasteiger partial charge in [0.15, 0.2) is 0 Å². The maximum Gasteiger partial charge on any atom is 0.419 e. The summed E-state index contributed by atoms with van der Waals surface area (Å²) in [6.07, 6.45) is 1.05. The Balaban J connectivity index is 2.54. The van der Waals surface area contributed by atoms with Crippen molar-refractivity contribution in [1.29, 1.82) is 0 Å². The lowest BCUT2D eigenvalue weighted by atomic mass is 10.2. The number of rotatable bonds is 2. The van der Waals surface area contributed by atoms with Crippen molar-refractivity contribution < 1.29 is 9.53 Å². The van der Waals surface area contributed by atoms with Crippen LogP contribution < -0.4 is 0 Å². The summed E-state index contributed by atoms with van der Waals surface area (Å²) in [5.41, 5.74) is 0.665. The van der Waals surface area contributed by atoms with Gasteiger partial charge in [-0.25, -0.2) is 4.79 Å². The molecule has 0 saturated heterocycles. The molecule has 0 fully saturated rings. The van der Waals surface area contributed by atoms with Crippen molar-refractivity contribution in [2.45, 2.75) is 32.9 Å². The first-order valence-electron chi connectivity index (χ1n) is 6.14. The molecule has 0 radical (unpaired) electrons. The standard InChI is InChI=1S/C14H15ClN2O3/c1-14(2,3)20-13(18)17-8-9(7-16-19)11-5-4-10(15)6-12(11)17/h4-6,8H,7H2,1-3H3. The number of aromatic nitrogens is 1. The van der Waals surface area contributed by atoms with Crippen LogP contribution in [0, 0.1) is 4.91 Å². The van der Waals surface area contributed by atoms with Gasteiger partial charge < -0.3 is 4.74 Å². The number of benzene rings is 1. The Bertz CT molecular complexity index is 671. The second-order valence-electron chi connectivity index (χ2n) is 5.45. The van der Waals surface area contributed by atoms with Crippen molar-refractivity contribution in [1.82, 2.24) is 4.57 Å². The number of hydrogen-bond donors (Lipinski definition) is 0. The molecule has 5 nitrogen and oxygen atoms in total. The smallest absolute Gasteiger partial charge is 0.419 e. The number of fused-ring (bicyclic) bond motifs is 1. The number of nitrogens with zero attached hydrogens (tertiary/aromatic N) is 2. The summed E-state index contributed by atoms with van der Waals surface area (Å²) in [5.74, 6) is 0. The van der Waals surface area contributed by atoms with E-state index in [9.17, 15) is 9.70 Å². The van der Waals surface area contributed by atoms with E-state index in [0.29, 0.717) is 16.1 Å². The molecule has 1 heterocycles. The van der Waals surface area contributed by atoms with Crippen LogP contribution in [-0.2, 0) is 11.3 Å². The van der Waals surface area contributed by atoms with Crippen molar-refractivity contribution >= 4 is 28.6 Å². The Morgan fingerprint density at radius 2 is 2.10 bits per heavy atom. The topological polar surface area (TPSA) is 60.7 Å². The second kappa shape index (κ2) is 5.25. The highest BCUT2D eigenvalue weighted by molar-refractivity contribution is 6.31. The average Bonchev–Trinajstić information content (AvgIpc) is 2.66. The van der Waals surface area contributed by atoms with Crippen LogP contribution in [0.4, 0.5) is 4.79 Å². The molecule has 0 aliphatic rings. The molecule has 0 bridgehead atoms. The summed E-state index contributed by atoms with van der Waals surface area (Å²) in [7, 11) is 0. The molecule has 106 valence electrons. The molecule has 0 spiro atoms. The molecule has 0 saturated carbocycles. The van der Waals surface area contributed by atoms with E-state index in [1.807, 2.05) is 0 Å². The SMILES string of the molecule is CC(C)(C)OC(=O)n1cc(CN=O)c2ccc(Cl)cc21. The Hall–Kier alpha value is -1.88. The van der Waals surface area contributed by atoms with Gasteiger partial charge >= 0.3 is 6.09 Å². The van der Waals surface area contributed by atoms with Crippen molar-refractivity contribution in [3.05, 3.63) is 39.9 Å². The summed E-state index contributed by atoms with van der Waals surface area (Å²) in [6.45, 7) is 5.36. The Kier molecular flexibility index (Phi) is 3.81. The lowest BCUT2D eigenvalue weighted by molar-refractivity contribution is 0.0544. The molecule has 0 aliphatic carbocycles. The maximum atomic E-state index is 12.2. The zero-order valence-electron chi connectivity index (χ0n) is 11.5. The average molecular weight is 295 g/mol. The van der Waals surface area contributed by atoms with Crippen LogP contribution in [0.2, 0.25) is 5.02 Å². The molecule has 0 aliphatic heterocycles. The highest BCUT2D eigenvalue weighted by Crippen LogP contribution is 2.26. The quantitative estimate of drug-likeness (QED) is 0.774. The van der Waals surface area contributed by atoms with E-state index in [1.165, 1.54) is 4.57 Å². The van der Waals surface area contributed by atoms with Gasteiger partial charge in [0.05, 0.1) is 5.52 Å². The van der Waals surface area contributed by atoms with Gasteiger partial charge in [-0.1, -0.05) is 22.8 Å². The van der Waals surface area contributed by atoms with Gasteiger partial charge in [0.25, 0.3) is 0 Å².